The van der Waals surface area contributed by atoms with Gasteiger partial charge in [0.2, 0.25) is 0 Å². The Balaban J connectivity index is 2.67. The fraction of sp³-hybridized carbons (Fsp3) is 0.538. The molecule has 1 aromatic carbocycles. The van der Waals surface area contributed by atoms with Crippen LogP contribution in [0, 0.1) is 0 Å². The standard InChI is InChI=1S/C13H21NO/c1-4-11(3)15-13-9-7-6-8-12(13)10-14-5-2/h6-9,11,14H,4-5,10H2,1-3H3/t11-/m1/s1. The third kappa shape index (κ3) is 3.92. The highest BCUT2D eigenvalue weighted by Gasteiger charge is 2.05. The van der Waals surface area contributed by atoms with Gasteiger partial charge in [0.25, 0.3) is 0 Å². The first-order chi connectivity index (χ1) is 7.27. The Labute approximate surface area is 92.6 Å². The molecule has 0 heterocycles. The Morgan fingerprint density at radius 2 is 2.00 bits per heavy atom. The van der Waals surface area contributed by atoms with Crippen LogP contribution >= 0.6 is 0 Å². The van der Waals surface area contributed by atoms with Gasteiger partial charge in [0, 0.05) is 12.1 Å². The Morgan fingerprint density at radius 1 is 1.27 bits per heavy atom. The Bertz CT molecular complexity index is 286. The van der Waals surface area contributed by atoms with E-state index in [1.807, 2.05) is 12.1 Å². The number of nitrogens with one attached hydrogen (secondary N) is 1. The molecule has 0 aromatic heterocycles. The molecule has 0 aliphatic heterocycles. The Morgan fingerprint density at radius 3 is 2.67 bits per heavy atom. The van der Waals surface area contributed by atoms with Gasteiger partial charge in [0.15, 0.2) is 0 Å². The van der Waals surface area contributed by atoms with Crippen LogP contribution in [0.5, 0.6) is 5.75 Å². The third-order valence-electron chi connectivity index (χ3n) is 2.44. The summed E-state index contributed by atoms with van der Waals surface area (Å²) in [6.45, 7) is 8.21. The lowest BCUT2D eigenvalue weighted by Crippen LogP contribution is -2.15. The molecule has 2 heteroatoms. The predicted octanol–water partition coefficient (Wildman–Crippen LogP) is 2.97. The van der Waals surface area contributed by atoms with E-state index in [9.17, 15) is 0 Å². The third-order valence-corrected chi connectivity index (χ3v) is 2.44. The summed E-state index contributed by atoms with van der Waals surface area (Å²) >= 11 is 0. The average molecular weight is 207 g/mol. The van der Waals surface area contributed by atoms with Crippen molar-refractivity contribution in [2.24, 2.45) is 0 Å². The lowest BCUT2D eigenvalue weighted by atomic mass is 10.2. The summed E-state index contributed by atoms with van der Waals surface area (Å²) in [4.78, 5) is 0. The molecule has 0 aliphatic rings. The molecule has 0 bridgehead atoms. The number of para-hydroxylation sites is 1. The van der Waals surface area contributed by atoms with Crippen molar-refractivity contribution in [2.45, 2.75) is 39.8 Å². The molecule has 0 amide bonds. The molecular formula is C13H21NO. The van der Waals surface area contributed by atoms with Crippen molar-refractivity contribution in [3.63, 3.8) is 0 Å². The summed E-state index contributed by atoms with van der Waals surface area (Å²) in [5.74, 6) is 1.01. The highest BCUT2D eigenvalue weighted by molar-refractivity contribution is 5.33. The fourth-order valence-corrected chi connectivity index (χ4v) is 1.32. The lowest BCUT2D eigenvalue weighted by Gasteiger charge is -2.16. The molecule has 84 valence electrons. The molecule has 0 fully saturated rings. The molecule has 1 N–H and O–H groups in total. The van der Waals surface area contributed by atoms with Gasteiger partial charge in [-0.3, -0.25) is 0 Å². The van der Waals surface area contributed by atoms with Crippen molar-refractivity contribution in [2.75, 3.05) is 6.54 Å². The van der Waals surface area contributed by atoms with Gasteiger partial charge in [-0.1, -0.05) is 32.0 Å². The number of hydrogen-bond donors (Lipinski definition) is 1. The van der Waals surface area contributed by atoms with Gasteiger partial charge in [0.1, 0.15) is 5.75 Å². The molecule has 0 unspecified atom stereocenters. The minimum absolute atomic E-state index is 0.285. The fourth-order valence-electron chi connectivity index (χ4n) is 1.32. The van der Waals surface area contributed by atoms with Crippen LogP contribution in [-0.4, -0.2) is 12.6 Å². The largest absolute Gasteiger partial charge is 0.490 e. The highest BCUT2D eigenvalue weighted by Crippen LogP contribution is 2.19. The zero-order valence-corrected chi connectivity index (χ0v) is 9.92. The molecule has 1 aromatic rings. The van der Waals surface area contributed by atoms with E-state index in [0.29, 0.717) is 0 Å². The number of rotatable bonds is 6. The lowest BCUT2D eigenvalue weighted by molar-refractivity contribution is 0.215. The van der Waals surface area contributed by atoms with Crippen LogP contribution in [0.25, 0.3) is 0 Å². The summed E-state index contributed by atoms with van der Waals surface area (Å²) in [6, 6.07) is 8.22. The summed E-state index contributed by atoms with van der Waals surface area (Å²) < 4.78 is 5.85. The number of benzene rings is 1. The second-order valence-electron chi connectivity index (χ2n) is 3.72. The summed E-state index contributed by atoms with van der Waals surface area (Å²) in [5, 5.41) is 3.32. The van der Waals surface area contributed by atoms with Crippen molar-refractivity contribution in [1.29, 1.82) is 0 Å². The van der Waals surface area contributed by atoms with Crippen LogP contribution in [0.15, 0.2) is 24.3 Å². The molecule has 0 aliphatic carbocycles. The van der Waals surface area contributed by atoms with Crippen LogP contribution in [0.1, 0.15) is 32.8 Å². The van der Waals surface area contributed by atoms with E-state index in [-0.39, 0.29) is 6.10 Å². The second-order valence-corrected chi connectivity index (χ2v) is 3.72. The first-order valence-corrected chi connectivity index (χ1v) is 5.73. The maximum atomic E-state index is 5.85. The predicted molar refractivity (Wildman–Crippen MR) is 64.2 cm³/mol. The van der Waals surface area contributed by atoms with E-state index >= 15 is 0 Å². The van der Waals surface area contributed by atoms with Gasteiger partial charge in [-0.2, -0.15) is 0 Å². The molecule has 0 saturated heterocycles. The molecular weight excluding hydrogens is 186 g/mol. The van der Waals surface area contributed by atoms with Gasteiger partial charge in [-0.15, -0.1) is 0 Å². The second kappa shape index (κ2) is 6.46. The topological polar surface area (TPSA) is 21.3 Å². The normalized spacial score (nSPS) is 12.5. The quantitative estimate of drug-likeness (QED) is 0.774. The van der Waals surface area contributed by atoms with Gasteiger partial charge in [-0.05, 0) is 26.0 Å². The smallest absolute Gasteiger partial charge is 0.124 e. The maximum absolute atomic E-state index is 5.85. The first kappa shape index (κ1) is 12.1. The SMILES string of the molecule is CCNCc1ccccc1O[C@H](C)CC. The average Bonchev–Trinajstić information content (AvgIpc) is 2.28. The zero-order valence-electron chi connectivity index (χ0n) is 9.92. The van der Waals surface area contributed by atoms with E-state index in [0.717, 1.165) is 25.3 Å². The van der Waals surface area contributed by atoms with Crippen LogP contribution in [0.2, 0.25) is 0 Å². The number of hydrogen-bond acceptors (Lipinski definition) is 2. The van der Waals surface area contributed by atoms with Gasteiger partial charge in [-0.25, -0.2) is 0 Å². The van der Waals surface area contributed by atoms with Crippen molar-refractivity contribution in [3.8, 4) is 5.75 Å². The van der Waals surface area contributed by atoms with Crippen LogP contribution in [-0.2, 0) is 6.54 Å². The molecule has 0 spiro atoms. The molecule has 15 heavy (non-hydrogen) atoms. The maximum Gasteiger partial charge on any atom is 0.124 e. The van der Waals surface area contributed by atoms with Gasteiger partial charge >= 0.3 is 0 Å². The van der Waals surface area contributed by atoms with Crippen LogP contribution in [0.4, 0.5) is 0 Å². The van der Waals surface area contributed by atoms with E-state index < -0.39 is 0 Å². The van der Waals surface area contributed by atoms with E-state index in [4.69, 9.17) is 4.74 Å². The van der Waals surface area contributed by atoms with E-state index in [1.54, 1.807) is 0 Å². The van der Waals surface area contributed by atoms with Crippen molar-refractivity contribution in [1.82, 2.24) is 5.32 Å². The van der Waals surface area contributed by atoms with Gasteiger partial charge in [0.05, 0.1) is 6.10 Å². The molecule has 0 radical (unpaired) electrons. The monoisotopic (exact) mass is 207 g/mol. The minimum Gasteiger partial charge on any atom is -0.490 e. The Hall–Kier alpha value is -1.02. The molecule has 1 rings (SSSR count). The first-order valence-electron chi connectivity index (χ1n) is 5.73. The zero-order chi connectivity index (χ0) is 11.1. The van der Waals surface area contributed by atoms with Crippen LogP contribution in [0.3, 0.4) is 0 Å². The minimum atomic E-state index is 0.285. The van der Waals surface area contributed by atoms with Crippen LogP contribution < -0.4 is 10.1 Å². The van der Waals surface area contributed by atoms with Gasteiger partial charge < -0.3 is 10.1 Å². The summed E-state index contributed by atoms with van der Waals surface area (Å²) in [6.07, 6.45) is 1.32. The number of ether oxygens (including phenoxy) is 1. The highest BCUT2D eigenvalue weighted by atomic mass is 16.5. The van der Waals surface area contributed by atoms with Crippen molar-refractivity contribution in [3.05, 3.63) is 29.8 Å². The molecule has 1 atom stereocenters. The summed E-state index contributed by atoms with van der Waals surface area (Å²) in [7, 11) is 0. The molecule has 2 nitrogen and oxygen atoms in total. The van der Waals surface area contributed by atoms with E-state index in [1.165, 1.54) is 5.56 Å². The van der Waals surface area contributed by atoms with E-state index in [2.05, 4.69) is 38.2 Å². The van der Waals surface area contributed by atoms with Crippen molar-refractivity contribution >= 4 is 0 Å². The summed E-state index contributed by atoms with van der Waals surface area (Å²) in [5.41, 5.74) is 1.24. The molecule has 0 saturated carbocycles. The van der Waals surface area contributed by atoms with Crippen molar-refractivity contribution < 1.29 is 4.74 Å². The Kier molecular flexibility index (Phi) is 5.19.